The molecule has 2 N–H and O–H groups in total. The molecule has 2 aromatic carbocycles. The number of aliphatic imine (C=N–C) groups is 1. The SMILES string of the molecule is CCN(CC)CCCC(C)NC(=NC)NCc1cccc2ccccc12.I. The van der Waals surface area contributed by atoms with Gasteiger partial charge in [0.15, 0.2) is 5.96 Å². The molecule has 0 aliphatic rings. The van der Waals surface area contributed by atoms with Crippen LogP contribution in [0.1, 0.15) is 39.2 Å². The molecular formula is C22H35IN4. The average Bonchev–Trinajstić information content (AvgIpc) is 2.68. The highest BCUT2D eigenvalue weighted by Gasteiger charge is 2.07. The zero-order chi connectivity index (χ0) is 18.8. The van der Waals surface area contributed by atoms with Crippen LogP contribution in [-0.4, -0.2) is 43.6 Å². The van der Waals surface area contributed by atoms with Crippen molar-refractivity contribution < 1.29 is 0 Å². The molecule has 0 radical (unpaired) electrons. The zero-order valence-corrected chi connectivity index (χ0v) is 19.5. The minimum Gasteiger partial charge on any atom is -0.354 e. The van der Waals surface area contributed by atoms with Crippen LogP contribution >= 0.6 is 24.0 Å². The monoisotopic (exact) mass is 482 g/mol. The number of benzene rings is 2. The molecule has 150 valence electrons. The van der Waals surface area contributed by atoms with Gasteiger partial charge >= 0.3 is 0 Å². The van der Waals surface area contributed by atoms with Gasteiger partial charge in [-0.05, 0) is 55.7 Å². The Morgan fingerprint density at radius 3 is 2.48 bits per heavy atom. The first-order valence-electron chi connectivity index (χ1n) is 9.84. The van der Waals surface area contributed by atoms with Gasteiger partial charge < -0.3 is 15.5 Å². The average molecular weight is 482 g/mol. The summed E-state index contributed by atoms with van der Waals surface area (Å²) in [6.07, 6.45) is 2.35. The van der Waals surface area contributed by atoms with E-state index in [4.69, 9.17) is 0 Å². The number of halogens is 1. The van der Waals surface area contributed by atoms with Crippen LogP contribution in [0.2, 0.25) is 0 Å². The summed E-state index contributed by atoms with van der Waals surface area (Å²) in [4.78, 5) is 6.86. The third kappa shape index (κ3) is 7.66. The molecule has 0 amide bonds. The van der Waals surface area contributed by atoms with Crippen LogP contribution < -0.4 is 10.6 Å². The van der Waals surface area contributed by atoms with Gasteiger partial charge in [-0.1, -0.05) is 56.3 Å². The standard InChI is InChI=1S/C22H34N4.HI/c1-5-26(6-2)16-10-11-18(3)25-22(23-4)24-17-20-14-9-13-19-12-7-8-15-21(19)20;/h7-9,12-15,18H,5-6,10-11,16-17H2,1-4H3,(H2,23,24,25);1H. The number of fused-ring (bicyclic) bond motifs is 1. The fraction of sp³-hybridized carbons (Fsp3) is 0.500. The number of rotatable bonds is 9. The van der Waals surface area contributed by atoms with Crippen LogP contribution in [0.5, 0.6) is 0 Å². The van der Waals surface area contributed by atoms with Crippen LogP contribution in [0.4, 0.5) is 0 Å². The Labute approximate surface area is 181 Å². The van der Waals surface area contributed by atoms with Crippen molar-refractivity contribution >= 4 is 40.7 Å². The molecule has 0 heterocycles. The summed E-state index contributed by atoms with van der Waals surface area (Å²) in [7, 11) is 1.83. The third-order valence-electron chi connectivity index (χ3n) is 4.94. The van der Waals surface area contributed by atoms with Gasteiger partial charge in [-0.25, -0.2) is 0 Å². The smallest absolute Gasteiger partial charge is 0.191 e. The fourth-order valence-electron chi connectivity index (χ4n) is 3.29. The predicted octanol–water partition coefficient (Wildman–Crippen LogP) is 4.63. The molecule has 0 saturated carbocycles. The Kier molecular flexibility index (Phi) is 11.4. The zero-order valence-electron chi connectivity index (χ0n) is 17.2. The molecular weight excluding hydrogens is 447 g/mol. The summed E-state index contributed by atoms with van der Waals surface area (Å²) < 4.78 is 0. The Morgan fingerprint density at radius 2 is 1.78 bits per heavy atom. The molecule has 2 rings (SSSR count). The molecule has 0 aliphatic carbocycles. The quantitative estimate of drug-likeness (QED) is 0.311. The lowest BCUT2D eigenvalue weighted by atomic mass is 10.0. The summed E-state index contributed by atoms with van der Waals surface area (Å²) in [5.74, 6) is 0.869. The summed E-state index contributed by atoms with van der Waals surface area (Å²) in [5.41, 5.74) is 1.29. The van der Waals surface area contributed by atoms with Crippen molar-refractivity contribution in [3.63, 3.8) is 0 Å². The molecule has 2 aromatic rings. The maximum Gasteiger partial charge on any atom is 0.191 e. The van der Waals surface area contributed by atoms with Crippen LogP contribution in [-0.2, 0) is 6.54 Å². The lowest BCUT2D eigenvalue weighted by Gasteiger charge is -2.21. The van der Waals surface area contributed by atoms with Crippen LogP contribution in [0.15, 0.2) is 47.5 Å². The third-order valence-corrected chi connectivity index (χ3v) is 4.94. The van der Waals surface area contributed by atoms with E-state index >= 15 is 0 Å². The van der Waals surface area contributed by atoms with Crippen molar-refractivity contribution in [1.82, 2.24) is 15.5 Å². The minimum atomic E-state index is 0. The highest BCUT2D eigenvalue weighted by Crippen LogP contribution is 2.18. The number of nitrogens with zero attached hydrogens (tertiary/aromatic N) is 2. The van der Waals surface area contributed by atoms with Gasteiger partial charge in [0.2, 0.25) is 0 Å². The molecule has 1 atom stereocenters. The van der Waals surface area contributed by atoms with Gasteiger partial charge in [0.1, 0.15) is 0 Å². The van der Waals surface area contributed by atoms with Gasteiger partial charge in [0.05, 0.1) is 0 Å². The van der Waals surface area contributed by atoms with E-state index in [2.05, 4.69) is 83.8 Å². The first kappa shape index (κ1) is 23.7. The number of nitrogens with one attached hydrogen (secondary N) is 2. The topological polar surface area (TPSA) is 39.7 Å². The molecule has 4 nitrogen and oxygen atoms in total. The van der Waals surface area contributed by atoms with Crippen molar-refractivity contribution in [2.24, 2.45) is 4.99 Å². The molecule has 0 spiro atoms. The molecule has 0 aliphatic heterocycles. The summed E-state index contributed by atoms with van der Waals surface area (Å²) in [6.45, 7) is 10.9. The molecule has 0 bridgehead atoms. The summed E-state index contributed by atoms with van der Waals surface area (Å²) in [5, 5.41) is 9.55. The molecule has 5 heteroatoms. The maximum atomic E-state index is 4.38. The number of guanidine groups is 1. The van der Waals surface area contributed by atoms with Gasteiger partial charge in [-0.2, -0.15) is 0 Å². The second-order valence-corrected chi connectivity index (χ2v) is 6.78. The summed E-state index contributed by atoms with van der Waals surface area (Å²) >= 11 is 0. The number of hydrogen-bond acceptors (Lipinski definition) is 2. The summed E-state index contributed by atoms with van der Waals surface area (Å²) in [6, 6.07) is 15.4. The Balaban J connectivity index is 0.00000364. The van der Waals surface area contributed by atoms with Crippen LogP contribution in [0.3, 0.4) is 0 Å². The fourth-order valence-corrected chi connectivity index (χ4v) is 3.29. The van der Waals surface area contributed by atoms with E-state index in [0.29, 0.717) is 6.04 Å². The van der Waals surface area contributed by atoms with Gasteiger partial charge in [-0.3, -0.25) is 4.99 Å². The highest BCUT2D eigenvalue weighted by molar-refractivity contribution is 14.0. The van der Waals surface area contributed by atoms with Crippen molar-refractivity contribution in [3.8, 4) is 0 Å². The number of hydrogen-bond donors (Lipinski definition) is 2. The minimum absolute atomic E-state index is 0. The second-order valence-electron chi connectivity index (χ2n) is 6.78. The van der Waals surface area contributed by atoms with Gasteiger partial charge in [0.25, 0.3) is 0 Å². The first-order valence-corrected chi connectivity index (χ1v) is 9.84. The predicted molar refractivity (Wildman–Crippen MR) is 129 cm³/mol. The van der Waals surface area contributed by atoms with Gasteiger partial charge in [0, 0.05) is 19.6 Å². The molecule has 0 saturated heterocycles. The van der Waals surface area contributed by atoms with E-state index in [9.17, 15) is 0 Å². The first-order chi connectivity index (χ1) is 12.7. The maximum absolute atomic E-state index is 4.38. The molecule has 1 unspecified atom stereocenters. The van der Waals surface area contributed by atoms with E-state index in [-0.39, 0.29) is 24.0 Å². The van der Waals surface area contributed by atoms with Crippen molar-refractivity contribution in [1.29, 1.82) is 0 Å². The van der Waals surface area contributed by atoms with E-state index in [1.165, 1.54) is 29.3 Å². The Hall–Kier alpha value is -1.34. The van der Waals surface area contributed by atoms with E-state index in [1.54, 1.807) is 0 Å². The van der Waals surface area contributed by atoms with Crippen molar-refractivity contribution in [2.75, 3.05) is 26.7 Å². The van der Waals surface area contributed by atoms with Crippen molar-refractivity contribution in [2.45, 2.75) is 46.2 Å². The van der Waals surface area contributed by atoms with E-state index in [0.717, 1.165) is 32.0 Å². The lowest BCUT2D eigenvalue weighted by Crippen LogP contribution is -2.42. The second kappa shape index (κ2) is 12.9. The Morgan fingerprint density at radius 1 is 1.07 bits per heavy atom. The molecule has 0 fully saturated rings. The Bertz CT molecular complexity index is 692. The lowest BCUT2D eigenvalue weighted by molar-refractivity contribution is 0.292. The van der Waals surface area contributed by atoms with E-state index in [1.807, 2.05) is 7.05 Å². The van der Waals surface area contributed by atoms with Gasteiger partial charge in [-0.15, -0.1) is 24.0 Å². The molecule has 27 heavy (non-hydrogen) atoms. The van der Waals surface area contributed by atoms with E-state index < -0.39 is 0 Å². The normalized spacial score (nSPS) is 12.7. The van der Waals surface area contributed by atoms with Crippen LogP contribution in [0, 0.1) is 0 Å². The van der Waals surface area contributed by atoms with Crippen LogP contribution in [0.25, 0.3) is 10.8 Å². The largest absolute Gasteiger partial charge is 0.354 e. The van der Waals surface area contributed by atoms with Crippen molar-refractivity contribution in [3.05, 3.63) is 48.0 Å². The molecule has 0 aromatic heterocycles. The highest BCUT2D eigenvalue weighted by atomic mass is 127.